The maximum absolute atomic E-state index is 13.2. The van der Waals surface area contributed by atoms with Crippen LogP contribution in [0.15, 0.2) is 24.3 Å². The van der Waals surface area contributed by atoms with Gasteiger partial charge in [0.1, 0.15) is 17.7 Å². The van der Waals surface area contributed by atoms with Crippen LogP contribution < -0.4 is 10.1 Å². The third-order valence-corrected chi connectivity index (χ3v) is 5.46. The lowest BCUT2D eigenvalue weighted by atomic mass is 9.94. The van der Waals surface area contributed by atoms with E-state index in [1.807, 2.05) is 24.3 Å². The Morgan fingerprint density at radius 2 is 1.96 bits per heavy atom. The summed E-state index contributed by atoms with van der Waals surface area (Å²) in [4.78, 5) is 27.4. The van der Waals surface area contributed by atoms with E-state index in [0.717, 1.165) is 44.1 Å². The van der Waals surface area contributed by atoms with Gasteiger partial charge < -0.3 is 15.0 Å². The van der Waals surface area contributed by atoms with E-state index in [4.69, 9.17) is 16.3 Å². The predicted molar refractivity (Wildman–Crippen MR) is 101 cm³/mol. The SMILES string of the molecule is COc1cccc([C@@H](C(=O)NC2CCCCC2)N(C(=O)CCl)C2CC2)c1. The molecule has 1 aromatic carbocycles. The van der Waals surface area contributed by atoms with E-state index in [1.54, 1.807) is 12.0 Å². The number of alkyl halides is 1. The first-order chi connectivity index (χ1) is 12.6. The molecule has 5 nitrogen and oxygen atoms in total. The third kappa shape index (κ3) is 4.50. The third-order valence-electron chi connectivity index (χ3n) is 5.23. The van der Waals surface area contributed by atoms with Gasteiger partial charge in [0.15, 0.2) is 0 Å². The van der Waals surface area contributed by atoms with E-state index in [2.05, 4.69) is 5.32 Å². The second kappa shape index (κ2) is 8.76. The molecule has 26 heavy (non-hydrogen) atoms. The highest BCUT2D eigenvalue weighted by Gasteiger charge is 2.41. The van der Waals surface area contributed by atoms with Crippen molar-refractivity contribution >= 4 is 23.4 Å². The van der Waals surface area contributed by atoms with Crippen LogP contribution >= 0.6 is 11.6 Å². The Morgan fingerprint density at radius 3 is 2.58 bits per heavy atom. The Bertz CT molecular complexity index is 642. The zero-order valence-electron chi connectivity index (χ0n) is 15.2. The predicted octanol–water partition coefficient (Wildman–Crippen LogP) is 3.42. The van der Waals surface area contributed by atoms with Crippen LogP contribution in [0, 0.1) is 0 Å². The van der Waals surface area contributed by atoms with Crippen LogP contribution in [0.2, 0.25) is 0 Å². The van der Waals surface area contributed by atoms with Crippen LogP contribution in [-0.4, -0.2) is 41.8 Å². The average molecular weight is 379 g/mol. The van der Waals surface area contributed by atoms with E-state index in [9.17, 15) is 9.59 Å². The Morgan fingerprint density at radius 1 is 1.23 bits per heavy atom. The van der Waals surface area contributed by atoms with E-state index < -0.39 is 6.04 Å². The van der Waals surface area contributed by atoms with Gasteiger partial charge in [-0.25, -0.2) is 0 Å². The van der Waals surface area contributed by atoms with Crippen LogP contribution in [0.25, 0.3) is 0 Å². The fourth-order valence-corrected chi connectivity index (χ4v) is 3.90. The van der Waals surface area contributed by atoms with Gasteiger partial charge in [-0.15, -0.1) is 11.6 Å². The van der Waals surface area contributed by atoms with Crippen LogP contribution in [0.5, 0.6) is 5.75 Å². The van der Waals surface area contributed by atoms with Gasteiger partial charge in [-0.05, 0) is 43.4 Å². The molecule has 2 amide bonds. The first-order valence-electron chi connectivity index (χ1n) is 9.45. The summed E-state index contributed by atoms with van der Waals surface area (Å²) in [7, 11) is 1.60. The molecular weight excluding hydrogens is 352 g/mol. The van der Waals surface area contributed by atoms with Gasteiger partial charge >= 0.3 is 0 Å². The average Bonchev–Trinajstić information content (AvgIpc) is 3.51. The molecule has 2 aliphatic rings. The quantitative estimate of drug-likeness (QED) is 0.739. The first kappa shape index (κ1) is 19.0. The number of halogens is 1. The second-order valence-corrected chi connectivity index (χ2v) is 7.46. The monoisotopic (exact) mass is 378 g/mol. The zero-order valence-corrected chi connectivity index (χ0v) is 16.0. The van der Waals surface area contributed by atoms with Gasteiger partial charge in [0, 0.05) is 12.1 Å². The molecule has 2 saturated carbocycles. The molecule has 2 aliphatic carbocycles. The van der Waals surface area contributed by atoms with Crippen molar-refractivity contribution in [3.05, 3.63) is 29.8 Å². The van der Waals surface area contributed by atoms with E-state index in [-0.39, 0.29) is 29.8 Å². The normalized spacial score (nSPS) is 18.8. The molecule has 1 atom stereocenters. The topological polar surface area (TPSA) is 58.6 Å². The summed E-state index contributed by atoms with van der Waals surface area (Å²) in [5.41, 5.74) is 0.767. The summed E-state index contributed by atoms with van der Waals surface area (Å²) >= 11 is 5.86. The van der Waals surface area contributed by atoms with Crippen LogP contribution in [-0.2, 0) is 9.59 Å². The summed E-state index contributed by atoms with van der Waals surface area (Å²) in [5, 5.41) is 3.18. The van der Waals surface area contributed by atoms with Crippen molar-refractivity contribution in [3.8, 4) is 5.75 Å². The minimum atomic E-state index is -0.661. The number of methoxy groups -OCH3 is 1. The Balaban J connectivity index is 1.88. The zero-order chi connectivity index (χ0) is 18.5. The summed E-state index contributed by atoms with van der Waals surface area (Å²) in [5.74, 6) is 0.247. The number of hydrogen-bond donors (Lipinski definition) is 1. The van der Waals surface area contributed by atoms with E-state index in [1.165, 1.54) is 6.42 Å². The lowest BCUT2D eigenvalue weighted by Crippen LogP contribution is -2.48. The highest BCUT2D eigenvalue weighted by molar-refractivity contribution is 6.27. The molecule has 0 radical (unpaired) electrons. The van der Waals surface area contributed by atoms with Crippen LogP contribution in [0.4, 0.5) is 0 Å². The van der Waals surface area contributed by atoms with Crippen molar-refractivity contribution in [3.63, 3.8) is 0 Å². The van der Waals surface area contributed by atoms with Crippen molar-refractivity contribution in [2.24, 2.45) is 0 Å². The van der Waals surface area contributed by atoms with E-state index >= 15 is 0 Å². The molecule has 0 unspecified atom stereocenters. The molecule has 142 valence electrons. The summed E-state index contributed by atoms with van der Waals surface area (Å²) in [6, 6.07) is 7.03. The number of rotatable bonds is 7. The first-order valence-corrected chi connectivity index (χ1v) is 9.99. The number of amides is 2. The largest absolute Gasteiger partial charge is 0.497 e. The lowest BCUT2D eigenvalue weighted by molar-refractivity contribution is -0.140. The number of carbonyl (C=O) groups is 2. The van der Waals surface area contributed by atoms with Crippen molar-refractivity contribution in [2.45, 2.75) is 63.1 Å². The smallest absolute Gasteiger partial charge is 0.247 e. The van der Waals surface area contributed by atoms with Crippen molar-refractivity contribution < 1.29 is 14.3 Å². The maximum Gasteiger partial charge on any atom is 0.247 e. The van der Waals surface area contributed by atoms with Crippen molar-refractivity contribution in [1.82, 2.24) is 10.2 Å². The summed E-state index contributed by atoms with van der Waals surface area (Å²) < 4.78 is 5.32. The number of ether oxygens (including phenoxy) is 1. The lowest BCUT2D eigenvalue weighted by Gasteiger charge is -2.33. The highest BCUT2D eigenvalue weighted by Crippen LogP contribution is 2.36. The van der Waals surface area contributed by atoms with Crippen molar-refractivity contribution in [1.29, 1.82) is 0 Å². The van der Waals surface area contributed by atoms with Crippen molar-refractivity contribution in [2.75, 3.05) is 13.0 Å². The molecular formula is C20H27ClN2O3. The minimum Gasteiger partial charge on any atom is -0.497 e. The van der Waals surface area contributed by atoms with Gasteiger partial charge in [-0.2, -0.15) is 0 Å². The summed E-state index contributed by atoms with van der Waals surface area (Å²) in [6.45, 7) is 0. The number of nitrogens with zero attached hydrogens (tertiary/aromatic N) is 1. The van der Waals surface area contributed by atoms with Crippen LogP contribution in [0.3, 0.4) is 0 Å². The summed E-state index contributed by atoms with van der Waals surface area (Å²) in [6.07, 6.45) is 7.35. The standard InChI is InChI=1S/C20H27ClN2O3/c1-26-17-9-5-6-14(12-17)19(23(16-10-11-16)18(24)13-21)20(25)22-15-7-3-2-4-8-15/h5-6,9,12,15-16,19H,2-4,7-8,10-11,13H2,1H3,(H,22,25)/t19-/m0/s1. The van der Waals surface area contributed by atoms with Gasteiger partial charge in [-0.1, -0.05) is 31.4 Å². The number of hydrogen-bond acceptors (Lipinski definition) is 3. The Kier molecular flexibility index (Phi) is 6.41. The molecule has 0 aromatic heterocycles. The maximum atomic E-state index is 13.2. The fraction of sp³-hybridized carbons (Fsp3) is 0.600. The van der Waals surface area contributed by atoms with Gasteiger partial charge in [0.25, 0.3) is 0 Å². The molecule has 0 saturated heterocycles. The van der Waals surface area contributed by atoms with Gasteiger partial charge in [-0.3, -0.25) is 9.59 Å². The molecule has 3 rings (SSSR count). The second-order valence-electron chi connectivity index (χ2n) is 7.19. The van der Waals surface area contributed by atoms with E-state index in [0.29, 0.717) is 5.75 Å². The highest BCUT2D eigenvalue weighted by atomic mass is 35.5. The molecule has 6 heteroatoms. The number of benzene rings is 1. The minimum absolute atomic E-state index is 0.0922. The molecule has 0 aliphatic heterocycles. The molecule has 1 N–H and O–H groups in total. The number of carbonyl (C=O) groups excluding carboxylic acids is 2. The van der Waals surface area contributed by atoms with Gasteiger partial charge in [0.2, 0.25) is 11.8 Å². The Hall–Kier alpha value is -1.75. The fourth-order valence-electron chi connectivity index (χ4n) is 3.76. The molecule has 0 bridgehead atoms. The number of nitrogens with one attached hydrogen (secondary N) is 1. The molecule has 2 fully saturated rings. The molecule has 0 heterocycles. The Labute approximate surface area is 160 Å². The van der Waals surface area contributed by atoms with Gasteiger partial charge in [0.05, 0.1) is 7.11 Å². The molecule has 0 spiro atoms. The molecule has 1 aromatic rings. The van der Waals surface area contributed by atoms with Crippen LogP contribution in [0.1, 0.15) is 56.6 Å².